The molecule has 1 aromatic heterocycles. The van der Waals surface area contributed by atoms with Gasteiger partial charge in [-0.3, -0.25) is 10.1 Å². The number of carbonyl (C=O) groups excluding carboxylic acids is 1. The average molecular weight is 284 g/mol. The molecule has 0 unspecified atom stereocenters. The van der Waals surface area contributed by atoms with Gasteiger partial charge in [0.2, 0.25) is 5.91 Å². The summed E-state index contributed by atoms with van der Waals surface area (Å²) in [6, 6.07) is 7.81. The third kappa shape index (κ3) is 2.95. The third-order valence-electron chi connectivity index (χ3n) is 2.77. The summed E-state index contributed by atoms with van der Waals surface area (Å²) in [6.45, 7) is 0.470. The van der Waals surface area contributed by atoms with Crippen molar-refractivity contribution in [1.82, 2.24) is 4.98 Å². The van der Waals surface area contributed by atoms with Gasteiger partial charge in [0.05, 0.1) is 0 Å². The van der Waals surface area contributed by atoms with Crippen molar-refractivity contribution in [2.24, 2.45) is 0 Å². The van der Waals surface area contributed by atoms with Gasteiger partial charge in [-0.15, -0.1) is 11.3 Å². The molecule has 3 rings (SSSR count). The molecule has 0 saturated carbocycles. The Hall–Kier alpha value is -2.40. The highest BCUT2D eigenvalue weighted by Crippen LogP contribution is 2.25. The largest absolute Gasteiger partial charge is 0.488 e. The fraction of sp³-hybridized carbons (Fsp3) is 0.0667. The number of anilines is 1. The molecule has 1 amide bonds. The third-order valence-corrected chi connectivity index (χ3v) is 3.45. The van der Waals surface area contributed by atoms with E-state index in [9.17, 15) is 4.79 Å². The number of hydrogen-bond acceptors (Lipinski definition) is 4. The minimum atomic E-state index is -0.195. The minimum Gasteiger partial charge on any atom is -0.488 e. The summed E-state index contributed by atoms with van der Waals surface area (Å²) in [7, 11) is 0. The van der Waals surface area contributed by atoms with Gasteiger partial charge in [-0.25, -0.2) is 4.98 Å². The Morgan fingerprint density at radius 3 is 3.15 bits per heavy atom. The number of aromatic nitrogens is 1. The van der Waals surface area contributed by atoms with E-state index in [0.29, 0.717) is 11.7 Å². The lowest BCUT2D eigenvalue weighted by Gasteiger charge is -2.15. The number of carbonyl (C=O) groups is 1. The predicted molar refractivity (Wildman–Crippen MR) is 79.8 cm³/mol. The fourth-order valence-electron chi connectivity index (χ4n) is 1.84. The number of fused-ring (bicyclic) bond motifs is 1. The molecule has 0 aliphatic carbocycles. The van der Waals surface area contributed by atoms with Crippen LogP contribution in [0.1, 0.15) is 5.56 Å². The van der Waals surface area contributed by atoms with Gasteiger partial charge in [0.1, 0.15) is 12.4 Å². The molecule has 1 aromatic carbocycles. The first-order chi connectivity index (χ1) is 9.81. The summed E-state index contributed by atoms with van der Waals surface area (Å²) >= 11 is 1.39. The number of benzene rings is 1. The molecule has 0 saturated heterocycles. The second-order valence-electron chi connectivity index (χ2n) is 4.21. The Morgan fingerprint density at radius 1 is 1.40 bits per heavy atom. The van der Waals surface area contributed by atoms with Crippen molar-refractivity contribution in [2.75, 3.05) is 11.9 Å². The standard InChI is InChI=1S/C15H12N2O2S/c18-14(17-15-16-7-8-20-15)6-5-11-9-12-3-1-2-4-13(12)19-10-11/h1-9H,10H2,(H,16,17,18)/b6-5+. The lowest BCUT2D eigenvalue weighted by Crippen LogP contribution is -2.09. The Balaban J connectivity index is 1.68. The molecule has 2 aromatic rings. The van der Waals surface area contributed by atoms with E-state index in [2.05, 4.69) is 10.3 Å². The Labute approximate surface area is 120 Å². The summed E-state index contributed by atoms with van der Waals surface area (Å²) < 4.78 is 5.61. The number of rotatable bonds is 3. The summed E-state index contributed by atoms with van der Waals surface area (Å²) in [5, 5.41) is 5.10. The zero-order valence-electron chi connectivity index (χ0n) is 10.6. The van der Waals surface area contributed by atoms with E-state index in [-0.39, 0.29) is 5.91 Å². The normalized spacial score (nSPS) is 13.5. The van der Waals surface area contributed by atoms with Crippen LogP contribution in [0, 0.1) is 0 Å². The average Bonchev–Trinajstić information content (AvgIpc) is 2.98. The van der Waals surface area contributed by atoms with Crippen molar-refractivity contribution < 1.29 is 9.53 Å². The van der Waals surface area contributed by atoms with Crippen molar-refractivity contribution in [3.63, 3.8) is 0 Å². The summed E-state index contributed by atoms with van der Waals surface area (Å²) in [5.74, 6) is 0.677. The quantitative estimate of drug-likeness (QED) is 0.881. The van der Waals surface area contributed by atoms with Gasteiger partial charge in [-0.05, 0) is 17.7 Å². The molecular weight excluding hydrogens is 272 g/mol. The maximum Gasteiger partial charge on any atom is 0.250 e. The lowest BCUT2D eigenvalue weighted by atomic mass is 10.1. The van der Waals surface area contributed by atoms with Gasteiger partial charge < -0.3 is 4.74 Å². The second kappa shape index (κ2) is 5.71. The Kier molecular flexibility index (Phi) is 3.60. The molecule has 0 bridgehead atoms. The minimum absolute atomic E-state index is 0.195. The highest BCUT2D eigenvalue weighted by atomic mass is 32.1. The van der Waals surface area contributed by atoms with Crippen molar-refractivity contribution >= 4 is 28.5 Å². The first kappa shape index (κ1) is 12.6. The van der Waals surface area contributed by atoms with Crippen LogP contribution >= 0.6 is 11.3 Å². The van der Waals surface area contributed by atoms with E-state index in [1.807, 2.05) is 35.7 Å². The SMILES string of the molecule is O=C(/C=C/C1=Cc2ccccc2OC1)Nc1nccs1. The molecule has 0 fully saturated rings. The molecule has 5 heteroatoms. The molecule has 4 nitrogen and oxygen atoms in total. The number of amides is 1. The van der Waals surface area contributed by atoms with Gasteiger partial charge in [-0.2, -0.15) is 0 Å². The molecule has 1 aliphatic heterocycles. The topological polar surface area (TPSA) is 51.2 Å². The Bertz CT molecular complexity index is 675. The molecule has 0 atom stereocenters. The maximum atomic E-state index is 11.7. The van der Waals surface area contributed by atoms with E-state index in [1.54, 1.807) is 12.3 Å². The molecule has 0 spiro atoms. The highest BCUT2D eigenvalue weighted by molar-refractivity contribution is 7.13. The summed E-state index contributed by atoms with van der Waals surface area (Å²) in [5.41, 5.74) is 1.98. The first-order valence-electron chi connectivity index (χ1n) is 6.12. The lowest BCUT2D eigenvalue weighted by molar-refractivity contribution is -0.111. The summed E-state index contributed by atoms with van der Waals surface area (Å²) in [4.78, 5) is 15.7. The van der Waals surface area contributed by atoms with E-state index in [1.165, 1.54) is 17.4 Å². The zero-order valence-corrected chi connectivity index (χ0v) is 11.4. The van der Waals surface area contributed by atoms with Crippen LogP contribution in [-0.4, -0.2) is 17.5 Å². The predicted octanol–water partition coefficient (Wildman–Crippen LogP) is 3.11. The molecule has 20 heavy (non-hydrogen) atoms. The van der Waals surface area contributed by atoms with Gasteiger partial charge in [0.25, 0.3) is 0 Å². The molecule has 2 heterocycles. The molecule has 100 valence electrons. The van der Waals surface area contributed by atoms with E-state index in [4.69, 9.17) is 4.74 Å². The van der Waals surface area contributed by atoms with E-state index in [0.717, 1.165) is 16.9 Å². The fourth-order valence-corrected chi connectivity index (χ4v) is 2.38. The Morgan fingerprint density at radius 2 is 2.30 bits per heavy atom. The van der Waals surface area contributed by atoms with Crippen molar-refractivity contribution in [3.05, 3.63) is 59.1 Å². The number of thiazole rings is 1. The van der Waals surface area contributed by atoms with Crippen LogP contribution in [0.5, 0.6) is 5.75 Å². The van der Waals surface area contributed by atoms with Crippen molar-refractivity contribution in [2.45, 2.75) is 0 Å². The smallest absolute Gasteiger partial charge is 0.250 e. The van der Waals surface area contributed by atoms with Gasteiger partial charge in [0.15, 0.2) is 5.13 Å². The van der Waals surface area contributed by atoms with Crippen molar-refractivity contribution in [3.8, 4) is 5.75 Å². The zero-order chi connectivity index (χ0) is 13.8. The highest BCUT2D eigenvalue weighted by Gasteiger charge is 2.08. The summed E-state index contributed by atoms with van der Waals surface area (Å²) in [6.07, 6.45) is 6.92. The van der Waals surface area contributed by atoms with Crippen LogP contribution in [0.2, 0.25) is 0 Å². The van der Waals surface area contributed by atoms with E-state index < -0.39 is 0 Å². The number of nitrogens with one attached hydrogen (secondary N) is 1. The van der Waals surface area contributed by atoms with Gasteiger partial charge in [0, 0.05) is 23.2 Å². The molecule has 0 radical (unpaired) electrons. The van der Waals surface area contributed by atoms with Crippen LogP contribution in [-0.2, 0) is 4.79 Å². The monoisotopic (exact) mass is 284 g/mol. The molecular formula is C15H12N2O2S. The van der Waals surface area contributed by atoms with Crippen LogP contribution in [0.25, 0.3) is 6.08 Å². The van der Waals surface area contributed by atoms with Crippen LogP contribution in [0.4, 0.5) is 5.13 Å². The van der Waals surface area contributed by atoms with Crippen LogP contribution < -0.4 is 10.1 Å². The maximum absolute atomic E-state index is 11.7. The van der Waals surface area contributed by atoms with E-state index >= 15 is 0 Å². The van der Waals surface area contributed by atoms with Crippen molar-refractivity contribution in [1.29, 1.82) is 0 Å². The van der Waals surface area contributed by atoms with Gasteiger partial charge in [-0.1, -0.05) is 24.3 Å². The first-order valence-corrected chi connectivity index (χ1v) is 7.00. The number of ether oxygens (including phenoxy) is 1. The van der Waals surface area contributed by atoms with Crippen LogP contribution in [0.3, 0.4) is 0 Å². The number of nitrogens with zero attached hydrogens (tertiary/aromatic N) is 1. The number of para-hydroxylation sites is 1. The molecule has 1 N–H and O–H groups in total. The second-order valence-corrected chi connectivity index (χ2v) is 5.10. The molecule has 1 aliphatic rings. The van der Waals surface area contributed by atoms with Crippen LogP contribution in [0.15, 0.2) is 53.6 Å². The number of hydrogen-bond donors (Lipinski definition) is 1. The van der Waals surface area contributed by atoms with Gasteiger partial charge >= 0.3 is 0 Å².